The van der Waals surface area contributed by atoms with Crippen molar-refractivity contribution in [2.45, 2.75) is 13.3 Å². The first-order chi connectivity index (χ1) is 8.79. The van der Waals surface area contributed by atoms with Gasteiger partial charge in [0.25, 0.3) is 0 Å². The summed E-state index contributed by atoms with van der Waals surface area (Å²) in [6.45, 7) is 3.25. The number of ether oxygens (including phenoxy) is 1. The molecular formula is C12H16N4OS. The molecule has 0 radical (unpaired) electrons. The van der Waals surface area contributed by atoms with Gasteiger partial charge in [-0.25, -0.2) is 4.98 Å². The molecule has 0 saturated carbocycles. The number of thiazole rings is 1. The zero-order valence-electron chi connectivity index (χ0n) is 10.2. The predicted molar refractivity (Wildman–Crippen MR) is 74.1 cm³/mol. The number of nitrogens with one attached hydrogen (secondary N) is 1. The summed E-state index contributed by atoms with van der Waals surface area (Å²) in [5.74, 6) is 1.25. The van der Waals surface area contributed by atoms with Gasteiger partial charge in [-0.2, -0.15) is 4.98 Å². The highest BCUT2D eigenvalue weighted by Gasteiger charge is 2.03. The van der Waals surface area contributed by atoms with Gasteiger partial charge in [-0.1, -0.05) is 0 Å². The molecule has 2 rings (SSSR count). The predicted octanol–water partition coefficient (Wildman–Crippen LogP) is 2.17. The van der Waals surface area contributed by atoms with Gasteiger partial charge in [0.1, 0.15) is 5.82 Å². The molecule has 5 nitrogen and oxygen atoms in total. The molecule has 3 N–H and O–H groups in total. The molecule has 96 valence electrons. The van der Waals surface area contributed by atoms with Gasteiger partial charge in [0, 0.05) is 24.5 Å². The van der Waals surface area contributed by atoms with Gasteiger partial charge in [0.2, 0.25) is 5.88 Å². The normalized spacial score (nSPS) is 10.3. The van der Waals surface area contributed by atoms with Gasteiger partial charge in [-0.3, -0.25) is 0 Å². The summed E-state index contributed by atoms with van der Waals surface area (Å²) in [5.41, 5.74) is 6.32. The molecule has 0 spiro atoms. The minimum atomic E-state index is 0.483. The number of aromatic nitrogens is 2. The van der Waals surface area contributed by atoms with Crippen molar-refractivity contribution in [3.63, 3.8) is 0 Å². The molecular weight excluding hydrogens is 248 g/mol. The Hall–Kier alpha value is -1.82. The first kappa shape index (κ1) is 12.6. The molecule has 0 saturated heterocycles. The van der Waals surface area contributed by atoms with Gasteiger partial charge in [0.05, 0.1) is 17.3 Å². The third-order valence-corrected chi connectivity index (χ3v) is 3.14. The van der Waals surface area contributed by atoms with Crippen LogP contribution in [0.2, 0.25) is 0 Å². The summed E-state index contributed by atoms with van der Waals surface area (Å²) < 4.78 is 5.34. The maximum Gasteiger partial charge on any atom is 0.239 e. The molecule has 0 aliphatic heterocycles. The Morgan fingerprint density at radius 3 is 3.06 bits per heavy atom. The Morgan fingerprint density at radius 2 is 2.33 bits per heavy atom. The standard InChI is InChI=1S/C12H16N4OS/c1-2-17-12-9(13)3-4-10(16-12)14-6-5-11-15-7-8-18-11/h3-4,7-8H,2,5-6,13H2,1H3,(H,14,16). The minimum Gasteiger partial charge on any atom is -0.476 e. The van der Waals surface area contributed by atoms with Crippen molar-refractivity contribution < 1.29 is 4.74 Å². The summed E-state index contributed by atoms with van der Waals surface area (Å²) >= 11 is 1.66. The van der Waals surface area contributed by atoms with E-state index in [1.54, 1.807) is 17.4 Å². The van der Waals surface area contributed by atoms with E-state index < -0.39 is 0 Å². The number of nitrogen functional groups attached to an aromatic ring is 1. The van der Waals surface area contributed by atoms with E-state index in [4.69, 9.17) is 10.5 Å². The van der Waals surface area contributed by atoms with Crippen LogP contribution in [0.25, 0.3) is 0 Å². The molecule has 0 atom stereocenters. The zero-order valence-corrected chi connectivity index (χ0v) is 11.0. The van der Waals surface area contributed by atoms with Crippen molar-refractivity contribution in [1.29, 1.82) is 0 Å². The Balaban J connectivity index is 1.90. The number of hydrogen-bond acceptors (Lipinski definition) is 6. The van der Waals surface area contributed by atoms with Gasteiger partial charge < -0.3 is 15.8 Å². The van der Waals surface area contributed by atoms with Crippen LogP contribution >= 0.6 is 11.3 Å². The summed E-state index contributed by atoms with van der Waals surface area (Å²) in [4.78, 5) is 8.53. The largest absolute Gasteiger partial charge is 0.476 e. The fourth-order valence-electron chi connectivity index (χ4n) is 1.48. The fraction of sp³-hybridized carbons (Fsp3) is 0.333. The molecule has 0 fully saturated rings. The van der Waals surface area contributed by atoms with E-state index in [1.165, 1.54) is 0 Å². The Labute approximate surface area is 110 Å². The lowest BCUT2D eigenvalue weighted by Crippen LogP contribution is -2.08. The lowest BCUT2D eigenvalue weighted by molar-refractivity contribution is 0.329. The summed E-state index contributed by atoms with van der Waals surface area (Å²) in [6, 6.07) is 3.64. The minimum absolute atomic E-state index is 0.483. The van der Waals surface area contributed by atoms with E-state index >= 15 is 0 Å². The number of pyridine rings is 1. The van der Waals surface area contributed by atoms with E-state index in [9.17, 15) is 0 Å². The van der Waals surface area contributed by atoms with Crippen molar-refractivity contribution in [1.82, 2.24) is 9.97 Å². The average Bonchev–Trinajstić information content (AvgIpc) is 2.87. The number of hydrogen-bond donors (Lipinski definition) is 2. The topological polar surface area (TPSA) is 73.1 Å². The Bertz CT molecular complexity index is 487. The third kappa shape index (κ3) is 3.33. The summed E-state index contributed by atoms with van der Waals surface area (Å²) in [7, 11) is 0. The van der Waals surface area contributed by atoms with E-state index in [0.717, 1.165) is 23.8 Å². The first-order valence-electron chi connectivity index (χ1n) is 5.81. The second-order valence-electron chi connectivity index (χ2n) is 3.63. The number of nitrogens with zero attached hydrogens (tertiary/aromatic N) is 2. The fourth-order valence-corrected chi connectivity index (χ4v) is 2.10. The van der Waals surface area contributed by atoms with Gasteiger partial charge in [0.15, 0.2) is 0 Å². The van der Waals surface area contributed by atoms with Crippen LogP contribution in [0.3, 0.4) is 0 Å². The number of nitrogens with two attached hydrogens (primary N) is 1. The second-order valence-corrected chi connectivity index (χ2v) is 4.61. The van der Waals surface area contributed by atoms with Crippen molar-refractivity contribution >= 4 is 22.8 Å². The Kier molecular flexibility index (Phi) is 4.35. The van der Waals surface area contributed by atoms with Crippen molar-refractivity contribution in [2.75, 3.05) is 24.2 Å². The van der Waals surface area contributed by atoms with E-state index in [2.05, 4.69) is 15.3 Å². The van der Waals surface area contributed by atoms with E-state index in [0.29, 0.717) is 18.2 Å². The molecule has 2 heterocycles. The van der Waals surface area contributed by atoms with Crippen LogP contribution in [0.1, 0.15) is 11.9 Å². The maximum absolute atomic E-state index is 5.76. The molecule has 0 unspecified atom stereocenters. The van der Waals surface area contributed by atoms with E-state index in [1.807, 2.05) is 24.6 Å². The average molecular weight is 264 g/mol. The van der Waals surface area contributed by atoms with Crippen LogP contribution < -0.4 is 15.8 Å². The lowest BCUT2D eigenvalue weighted by atomic mass is 10.4. The highest BCUT2D eigenvalue weighted by molar-refractivity contribution is 7.09. The molecule has 0 amide bonds. The molecule has 2 aromatic rings. The monoisotopic (exact) mass is 264 g/mol. The molecule has 0 aromatic carbocycles. The molecule has 18 heavy (non-hydrogen) atoms. The lowest BCUT2D eigenvalue weighted by Gasteiger charge is -2.09. The van der Waals surface area contributed by atoms with Crippen LogP contribution in [0.4, 0.5) is 11.5 Å². The van der Waals surface area contributed by atoms with Crippen molar-refractivity contribution in [2.24, 2.45) is 0 Å². The van der Waals surface area contributed by atoms with Gasteiger partial charge in [-0.15, -0.1) is 11.3 Å². The number of rotatable bonds is 6. The summed E-state index contributed by atoms with van der Waals surface area (Å²) in [5, 5.41) is 6.32. The molecule has 0 aliphatic rings. The second kappa shape index (κ2) is 6.20. The molecule has 0 bridgehead atoms. The third-order valence-electron chi connectivity index (χ3n) is 2.30. The van der Waals surface area contributed by atoms with Gasteiger partial charge >= 0.3 is 0 Å². The van der Waals surface area contributed by atoms with E-state index in [-0.39, 0.29) is 0 Å². The van der Waals surface area contributed by atoms with Crippen LogP contribution in [-0.2, 0) is 6.42 Å². The molecule has 6 heteroatoms. The van der Waals surface area contributed by atoms with Crippen LogP contribution in [0, 0.1) is 0 Å². The molecule has 2 aromatic heterocycles. The van der Waals surface area contributed by atoms with Crippen molar-refractivity contribution in [3.8, 4) is 5.88 Å². The van der Waals surface area contributed by atoms with Gasteiger partial charge in [-0.05, 0) is 19.1 Å². The maximum atomic E-state index is 5.76. The Morgan fingerprint density at radius 1 is 1.44 bits per heavy atom. The highest BCUT2D eigenvalue weighted by Crippen LogP contribution is 2.20. The molecule has 0 aliphatic carbocycles. The van der Waals surface area contributed by atoms with Crippen molar-refractivity contribution in [3.05, 3.63) is 28.7 Å². The smallest absolute Gasteiger partial charge is 0.239 e. The quantitative estimate of drug-likeness (QED) is 0.836. The van der Waals surface area contributed by atoms with Crippen LogP contribution in [-0.4, -0.2) is 23.1 Å². The number of anilines is 2. The van der Waals surface area contributed by atoms with Crippen LogP contribution in [0.15, 0.2) is 23.7 Å². The first-order valence-corrected chi connectivity index (χ1v) is 6.69. The summed E-state index contributed by atoms with van der Waals surface area (Å²) in [6.07, 6.45) is 2.70. The highest BCUT2D eigenvalue weighted by atomic mass is 32.1. The SMILES string of the molecule is CCOc1nc(NCCc2nccs2)ccc1N. The zero-order chi connectivity index (χ0) is 12.8. The van der Waals surface area contributed by atoms with Crippen LogP contribution in [0.5, 0.6) is 5.88 Å².